The number of hydrogen-bond acceptors (Lipinski definition) is 8. The first-order chi connectivity index (χ1) is 18.5. The minimum atomic E-state index is -1.23. The van der Waals surface area contributed by atoms with E-state index in [1.165, 1.54) is 0 Å². The van der Waals surface area contributed by atoms with Crippen molar-refractivity contribution in [3.8, 4) is 23.7 Å². The SMILES string of the molecule is OC(O)C1CCC(C#CC2CCC(C#CC3CCC(C(O)O)CC3)C3OCCOCCOCCOC23)CC1.[K]. The second-order valence-electron chi connectivity index (χ2n) is 11.3. The predicted octanol–water partition coefficient (Wildman–Crippen LogP) is 1.69. The first kappa shape index (κ1) is 33.9. The summed E-state index contributed by atoms with van der Waals surface area (Å²) in [5, 5.41) is 37.9. The average Bonchev–Trinajstić information content (AvgIpc) is 2.92. The molecule has 1 aliphatic heterocycles. The summed E-state index contributed by atoms with van der Waals surface area (Å²) in [5.41, 5.74) is 0. The van der Waals surface area contributed by atoms with Gasteiger partial charge >= 0.3 is 0 Å². The molecule has 0 aromatic carbocycles. The van der Waals surface area contributed by atoms with E-state index in [1.807, 2.05) is 0 Å². The molecule has 4 N–H and O–H groups in total. The van der Waals surface area contributed by atoms with Gasteiger partial charge in [0, 0.05) is 86.9 Å². The molecule has 0 bridgehead atoms. The van der Waals surface area contributed by atoms with E-state index in [0.29, 0.717) is 39.6 Å². The molecule has 4 rings (SSSR count). The standard InChI is InChI=1S/C30H46O8.K/c31-29(32)25-9-3-21(4-10-25)1-7-23-13-14-24(8-2-22-5-11-26(12-6-22)30(33)34)28-27(23)37-19-17-35-15-16-36-18-20-38-28;/h21-34H,3-6,9-20H2;. The topological polar surface area (TPSA) is 118 Å². The van der Waals surface area contributed by atoms with Crippen LogP contribution in [-0.4, -0.2) is 136 Å². The molecule has 215 valence electrons. The van der Waals surface area contributed by atoms with Gasteiger partial charge in [0.15, 0.2) is 12.6 Å². The Hall–Kier alpha value is 0.436. The fourth-order valence-corrected chi connectivity index (χ4v) is 6.26. The normalized spacial score (nSPS) is 36.6. The quantitative estimate of drug-likeness (QED) is 0.224. The Bertz CT molecular complexity index is 746. The summed E-state index contributed by atoms with van der Waals surface area (Å²) in [5.74, 6) is 14.6. The molecule has 4 fully saturated rings. The van der Waals surface area contributed by atoms with Gasteiger partial charge in [-0.3, -0.25) is 0 Å². The van der Waals surface area contributed by atoms with Crippen LogP contribution in [0.5, 0.6) is 0 Å². The van der Waals surface area contributed by atoms with Crippen molar-refractivity contribution in [3.63, 3.8) is 0 Å². The van der Waals surface area contributed by atoms with Gasteiger partial charge in [0.1, 0.15) is 0 Å². The monoisotopic (exact) mass is 573 g/mol. The third-order valence-corrected chi connectivity index (χ3v) is 8.69. The Morgan fingerprint density at radius 1 is 0.462 bits per heavy atom. The molecule has 39 heavy (non-hydrogen) atoms. The predicted molar refractivity (Wildman–Crippen MR) is 146 cm³/mol. The van der Waals surface area contributed by atoms with E-state index >= 15 is 0 Å². The molecule has 1 saturated heterocycles. The maximum absolute atomic E-state index is 9.48. The van der Waals surface area contributed by atoms with Crippen LogP contribution in [0.25, 0.3) is 0 Å². The molecule has 1 radical (unpaired) electrons. The zero-order chi connectivity index (χ0) is 26.7. The number of hydrogen-bond donors (Lipinski definition) is 4. The molecule has 3 saturated carbocycles. The van der Waals surface area contributed by atoms with Crippen molar-refractivity contribution in [2.45, 2.75) is 89.0 Å². The number of aliphatic hydroxyl groups is 4. The molecule has 0 aromatic rings. The van der Waals surface area contributed by atoms with Crippen LogP contribution in [0.3, 0.4) is 0 Å². The van der Waals surface area contributed by atoms with E-state index in [1.54, 1.807) is 0 Å². The molecule has 1 heterocycles. The zero-order valence-electron chi connectivity index (χ0n) is 23.5. The van der Waals surface area contributed by atoms with Gasteiger partial charge in [0.25, 0.3) is 0 Å². The van der Waals surface area contributed by atoms with Gasteiger partial charge in [0.05, 0.1) is 51.8 Å². The molecule has 4 atom stereocenters. The van der Waals surface area contributed by atoms with Crippen molar-refractivity contribution in [1.82, 2.24) is 0 Å². The summed E-state index contributed by atoms with van der Waals surface area (Å²) in [6.45, 7) is 3.00. The summed E-state index contributed by atoms with van der Waals surface area (Å²) in [6, 6.07) is 0. The van der Waals surface area contributed by atoms with Gasteiger partial charge in [-0.05, 0) is 64.2 Å². The van der Waals surface area contributed by atoms with Gasteiger partial charge in [-0.1, -0.05) is 23.7 Å². The van der Waals surface area contributed by atoms with Crippen LogP contribution in [0, 0.1) is 59.2 Å². The van der Waals surface area contributed by atoms with Gasteiger partial charge in [0.2, 0.25) is 0 Å². The van der Waals surface area contributed by atoms with E-state index in [4.69, 9.17) is 18.9 Å². The van der Waals surface area contributed by atoms with Crippen LogP contribution in [0.2, 0.25) is 0 Å². The molecule has 3 aliphatic carbocycles. The second-order valence-corrected chi connectivity index (χ2v) is 11.3. The van der Waals surface area contributed by atoms with Crippen LogP contribution in [0.15, 0.2) is 0 Å². The smallest absolute Gasteiger partial charge is 0.154 e. The third-order valence-electron chi connectivity index (χ3n) is 8.69. The summed E-state index contributed by atoms with van der Waals surface area (Å²) >= 11 is 0. The van der Waals surface area contributed by atoms with E-state index in [-0.39, 0.29) is 99.1 Å². The molecule has 9 heteroatoms. The maximum atomic E-state index is 9.48. The minimum Gasteiger partial charge on any atom is -0.377 e. The van der Waals surface area contributed by atoms with Crippen molar-refractivity contribution in [1.29, 1.82) is 0 Å². The van der Waals surface area contributed by atoms with Crippen molar-refractivity contribution < 1.29 is 39.4 Å². The summed E-state index contributed by atoms with van der Waals surface area (Å²) in [7, 11) is 0. The maximum Gasteiger partial charge on any atom is 0.154 e. The molecular formula is C30H46KO8. The van der Waals surface area contributed by atoms with Gasteiger partial charge in [-0.25, -0.2) is 0 Å². The molecule has 4 unspecified atom stereocenters. The first-order valence-corrected chi connectivity index (χ1v) is 14.6. The van der Waals surface area contributed by atoms with Crippen molar-refractivity contribution in [2.75, 3.05) is 39.6 Å². The fourth-order valence-electron chi connectivity index (χ4n) is 6.26. The second kappa shape index (κ2) is 18.2. The number of fused-ring (bicyclic) bond motifs is 1. The van der Waals surface area contributed by atoms with Crippen LogP contribution in [-0.2, 0) is 18.9 Å². The Kier molecular flexibility index (Phi) is 15.8. The fraction of sp³-hybridized carbons (Fsp3) is 0.867. The molecular weight excluding hydrogens is 527 g/mol. The largest absolute Gasteiger partial charge is 0.377 e. The third kappa shape index (κ3) is 10.9. The molecule has 0 spiro atoms. The summed E-state index contributed by atoms with van der Waals surface area (Å²) < 4.78 is 24.1. The van der Waals surface area contributed by atoms with Crippen molar-refractivity contribution in [2.24, 2.45) is 35.5 Å². The zero-order valence-corrected chi connectivity index (χ0v) is 26.6. The number of ether oxygens (including phenoxy) is 4. The molecule has 8 nitrogen and oxygen atoms in total. The van der Waals surface area contributed by atoms with Crippen LogP contribution in [0.1, 0.15) is 64.2 Å². The van der Waals surface area contributed by atoms with E-state index in [0.717, 1.165) is 64.2 Å². The van der Waals surface area contributed by atoms with Crippen LogP contribution >= 0.6 is 0 Å². The summed E-state index contributed by atoms with van der Waals surface area (Å²) in [6.07, 6.45) is 5.66. The van der Waals surface area contributed by atoms with Gasteiger partial charge in [-0.2, -0.15) is 0 Å². The van der Waals surface area contributed by atoms with E-state index in [2.05, 4.69) is 23.7 Å². The number of aliphatic hydroxyl groups excluding tert-OH is 2. The summed E-state index contributed by atoms with van der Waals surface area (Å²) in [4.78, 5) is 0. The Morgan fingerprint density at radius 2 is 0.821 bits per heavy atom. The van der Waals surface area contributed by atoms with Gasteiger partial charge in [-0.15, -0.1) is 0 Å². The Morgan fingerprint density at radius 3 is 1.18 bits per heavy atom. The molecule has 0 aromatic heterocycles. The molecule has 0 amide bonds. The Labute approximate surface area is 276 Å². The van der Waals surface area contributed by atoms with Crippen LogP contribution in [0.4, 0.5) is 0 Å². The van der Waals surface area contributed by atoms with Crippen molar-refractivity contribution in [3.05, 3.63) is 0 Å². The van der Waals surface area contributed by atoms with Crippen molar-refractivity contribution >= 4 is 51.4 Å². The Balaban J connectivity index is 0.00000420. The average molecular weight is 574 g/mol. The van der Waals surface area contributed by atoms with Crippen LogP contribution < -0.4 is 0 Å². The minimum absolute atomic E-state index is 0. The van der Waals surface area contributed by atoms with E-state index < -0.39 is 12.6 Å². The number of rotatable bonds is 2. The molecule has 4 aliphatic rings. The first-order valence-electron chi connectivity index (χ1n) is 14.6. The van der Waals surface area contributed by atoms with E-state index in [9.17, 15) is 20.4 Å². The van der Waals surface area contributed by atoms with Gasteiger partial charge < -0.3 is 39.4 Å².